The minimum Gasteiger partial charge on any atom is -0.480 e. The van der Waals surface area contributed by atoms with E-state index in [1.165, 1.54) is 13.0 Å². The van der Waals surface area contributed by atoms with Gasteiger partial charge in [-0.3, -0.25) is 9.59 Å². The van der Waals surface area contributed by atoms with Crippen LogP contribution in [0.25, 0.3) is 6.08 Å². The molecule has 0 aromatic carbocycles. The van der Waals surface area contributed by atoms with Crippen molar-refractivity contribution in [3.63, 3.8) is 0 Å². The summed E-state index contributed by atoms with van der Waals surface area (Å²) in [4.78, 5) is 22.0. The van der Waals surface area contributed by atoms with Crippen LogP contribution < -0.4 is 5.32 Å². The van der Waals surface area contributed by atoms with Crippen LogP contribution in [0.3, 0.4) is 0 Å². The third-order valence-electron chi connectivity index (χ3n) is 3.25. The molecule has 19 heavy (non-hydrogen) atoms. The van der Waals surface area contributed by atoms with Gasteiger partial charge < -0.3 is 14.8 Å². The highest BCUT2D eigenvalue weighted by atomic mass is 16.4. The van der Waals surface area contributed by atoms with Gasteiger partial charge in [0.05, 0.1) is 0 Å². The number of carbonyl (C=O) groups excluding carboxylic acids is 1. The molecule has 1 aromatic heterocycles. The second-order valence-electron chi connectivity index (χ2n) is 4.96. The first kappa shape index (κ1) is 13.4. The summed E-state index contributed by atoms with van der Waals surface area (Å²) in [5.41, 5.74) is 0. The summed E-state index contributed by atoms with van der Waals surface area (Å²) < 4.78 is 5.60. The van der Waals surface area contributed by atoms with E-state index in [0.29, 0.717) is 17.6 Å². The van der Waals surface area contributed by atoms with Crippen molar-refractivity contribution in [3.05, 3.63) is 29.7 Å². The Balaban J connectivity index is 1.89. The zero-order valence-corrected chi connectivity index (χ0v) is 10.9. The maximum absolute atomic E-state index is 11.4. The average molecular weight is 263 g/mol. The lowest BCUT2D eigenvalue weighted by Gasteiger charge is -2.05. The van der Waals surface area contributed by atoms with Crippen molar-refractivity contribution >= 4 is 18.0 Å². The molecule has 2 unspecified atom stereocenters. The van der Waals surface area contributed by atoms with Crippen LogP contribution >= 0.6 is 0 Å². The second kappa shape index (κ2) is 5.30. The molecule has 102 valence electrons. The topological polar surface area (TPSA) is 79.5 Å². The Bertz CT molecular complexity index is 517. The van der Waals surface area contributed by atoms with Gasteiger partial charge in [-0.1, -0.05) is 6.92 Å². The number of carboxylic acid groups (broad SMARTS) is 1. The molecule has 1 aliphatic carbocycles. The van der Waals surface area contributed by atoms with Crippen molar-refractivity contribution in [1.29, 1.82) is 0 Å². The first-order valence-corrected chi connectivity index (χ1v) is 6.28. The van der Waals surface area contributed by atoms with Crippen molar-refractivity contribution in [3.8, 4) is 0 Å². The molecule has 5 heteroatoms. The summed E-state index contributed by atoms with van der Waals surface area (Å²) in [5.74, 6) is 1.21. The van der Waals surface area contributed by atoms with E-state index in [9.17, 15) is 9.59 Å². The smallest absolute Gasteiger partial charge is 0.325 e. The summed E-state index contributed by atoms with van der Waals surface area (Å²) in [5, 5.41) is 11.0. The lowest BCUT2D eigenvalue weighted by molar-refractivity contribution is -0.140. The number of hydrogen-bond donors (Lipinski definition) is 2. The van der Waals surface area contributed by atoms with Crippen LogP contribution in [0, 0.1) is 5.92 Å². The summed E-state index contributed by atoms with van der Waals surface area (Å²) in [6.07, 6.45) is 3.96. The molecule has 2 N–H and O–H groups in total. The van der Waals surface area contributed by atoms with Gasteiger partial charge in [-0.05, 0) is 37.5 Å². The number of furan rings is 1. The van der Waals surface area contributed by atoms with E-state index in [4.69, 9.17) is 9.52 Å². The Morgan fingerprint density at radius 2 is 2.21 bits per heavy atom. The van der Waals surface area contributed by atoms with Crippen LogP contribution in [-0.4, -0.2) is 23.0 Å². The lowest BCUT2D eigenvalue weighted by atomic mass is 10.3. The molecule has 0 bridgehead atoms. The minimum atomic E-state index is -1.07. The first-order chi connectivity index (χ1) is 8.97. The Labute approximate surface area is 111 Å². The maximum Gasteiger partial charge on any atom is 0.325 e. The van der Waals surface area contributed by atoms with Crippen LogP contribution in [0.2, 0.25) is 0 Å². The second-order valence-corrected chi connectivity index (χ2v) is 4.96. The monoisotopic (exact) mass is 263 g/mol. The normalized spacial score (nSPS) is 23.3. The minimum absolute atomic E-state index is 0.451. The Kier molecular flexibility index (Phi) is 3.74. The van der Waals surface area contributed by atoms with Gasteiger partial charge in [0.15, 0.2) is 0 Å². The van der Waals surface area contributed by atoms with Crippen LogP contribution in [0.1, 0.15) is 37.7 Å². The Morgan fingerprint density at radius 1 is 1.53 bits per heavy atom. The summed E-state index contributed by atoms with van der Waals surface area (Å²) in [6.45, 7) is 3.58. The molecule has 1 amide bonds. The molecule has 1 saturated carbocycles. The van der Waals surface area contributed by atoms with Crippen molar-refractivity contribution in [2.75, 3.05) is 0 Å². The molecule has 0 saturated heterocycles. The van der Waals surface area contributed by atoms with Gasteiger partial charge in [0.1, 0.15) is 17.6 Å². The molecule has 1 heterocycles. The number of aliphatic carboxylic acids is 1. The van der Waals surface area contributed by atoms with E-state index in [0.717, 1.165) is 12.2 Å². The van der Waals surface area contributed by atoms with Gasteiger partial charge in [-0.2, -0.15) is 0 Å². The standard InChI is InChI=1S/C14H17NO4/c1-8-7-11(8)12-5-3-10(19-12)4-6-13(16)15-9(2)14(17)18/h3-6,8-9,11H,7H2,1-2H3,(H,15,16)(H,17,18)/t8?,9-,11?/m1/s1. The third-order valence-corrected chi connectivity index (χ3v) is 3.25. The highest BCUT2D eigenvalue weighted by molar-refractivity contribution is 5.93. The molecule has 3 atom stereocenters. The molecule has 5 nitrogen and oxygen atoms in total. The fraction of sp³-hybridized carbons (Fsp3) is 0.429. The van der Waals surface area contributed by atoms with Crippen LogP contribution in [0.4, 0.5) is 0 Å². The fourth-order valence-electron chi connectivity index (χ4n) is 1.86. The zero-order chi connectivity index (χ0) is 14.0. The van der Waals surface area contributed by atoms with Crippen LogP contribution in [0.5, 0.6) is 0 Å². The summed E-state index contributed by atoms with van der Waals surface area (Å²) in [7, 11) is 0. The molecular weight excluding hydrogens is 246 g/mol. The highest BCUT2D eigenvalue weighted by Gasteiger charge is 2.36. The molecular formula is C14H17NO4. The molecule has 0 spiro atoms. The average Bonchev–Trinajstić information content (AvgIpc) is 2.90. The van der Waals surface area contributed by atoms with Gasteiger partial charge in [0, 0.05) is 12.0 Å². The Morgan fingerprint density at radius 3 is 2.79 bits per heavy atom. The molecule has 1 aliphatic rings. The summed E-state index contributed by atoms with van der Waals surface area (Å²) in [6, 6.07) is 2.83. The van der Waals surface area contributed by atoms with Gasteiger partial charge in [0.2, 0.25) is 5.91 Å². The van der Waals surface area contributed by atoms with Crippen molar-refractivity contribution < 1.29 is 19.1 Å². The third kappa shape index (κ3) is 3.47. The number of rotatable bonds is 5. The van der Waals surface area contributed by atoms with Gasteiger partial charge in [0.25, 0.3) is 0 Å². The van der Waals surface area contributed by atoms with E-state index < -0.39 is 17.9 Å². The maximum atomic E-state index is 11.4. The quantitative estimate of drug-likeness (QED) is 0.796. The molecule has 0 aliphatic heterocycles. The van der Waals surface area contributed by atoms with Gasteiger partial charge in [-0.25, -0.2) is 0 Å². The number of hydrogen-bond acceptors (Lipinski definition) is 3. The number of carbonyl (C=O) groups is 2. The fourth-order valence-corrected chi connectivity index (χ4v) is 1.86. The molecule has 1 aromatic rings. The SMILES string of the molecule is CC1CC1c1ccc(C=CC(=O)N[C@H](C)C(=O)O)o1. The highest BCUT2D eigenvalue weighted by Crippen LogP contribution is 2.47. The van der Waals surface area contributed by atoms with Crippen molar-refractivity contribution in [1.82, 2.24) is 5.32 Å². The van der Waals surface area contributed by atoms with Crippen molar-refractivity contribution in [2.45, 2.75) is 32.2 Å². The number of carboxylic acids is 1. The van der Waals surface area contributed by atoms with E-state index >= 15 is 0 Å². The van der Waals surface area contributed by atoms with E-state index in [1.807, 2.05) is 12.1 Å². The zero-order valence-electron chi connectivity index (χ0n) is 10.9. The first-order valence-electron chi connectivity index (χ1n) is 6.28. The van der Waals surface area contributed by atoms with E-state index in [2.05, 4.69) is 12.2 Å². The Hall–Kier alpha value is -2.04. The van der Waals surface area contributed by atoms with E-state index in [-0.39, 0.29) is 0 Å². The predicted molar refractivity (Wildman–Crippen MR) is 69.5 cm³/mol. The number of nitrogens with one attached hydrogen (secondary N) is 1. The van der Waals surface area contributed by atoms with Crippen molar-refractivity contribution in [2.24, 2.45) is 5.92 Å². The molecule has 0 radical (unpaired) electrons. The largest absolute Gasteiger partial charge is 0.480 e. The molecule has 2 rings (SSSR count). The lowest BCUT2D eigenvalue weighted by Crippen LogP contribution is -2.37. The van der Waals surface area contributed by atoms with Gasteiger partial charge in [-0.15, -0.1) is 0 Å². The van der Waals surface area contributed by atoms with E-state index in [1.54, 1.807) is 6.08 Å². The van der Waals surface area contributed by atoms with Crippen LogP contribution in [0.15, 0.2) is 22.6 Å². The van der Waals surface area contributed by atoms with Gasteiger partial charge >= 0.3 is 5.97 Å². The summed E-state index contributed by atoms with van der Waals surface area (Å²) >= 11 is 0. The predicted octanol–water partition coefficient (Wildman–Crippen LogP) is 2.01. The molecule has 1 fully saturated rings. The van der Waals surface area contributed by atoms with Crippen LogP contribution in [-0.2, 0) is 9.59 Å². The number of amides is 1.